The molecule has 0 aliphatic carbocycles. The molecule has 0 bridgehead atoms. The van der Waals surface area contributed by atoms with Crippen LogP contribution in [0.3, 0.4) is 0 Å². The minimum atomic E-state index is -0.361. The Hall–Kier alpha value is -2.26. The van der Waals surface area contributed by atoms with E-state index in [1.165, 1.54) is 22.1 Å². The number of pyridine rings is 1. The van der Waals surface area contributed by atoms with Crippen LogP contribution < -0.4 is 15.6 Å². The predicted molar refractivity (Wildman–Crippen MR) is 85.7 cm³/mol. The molecule has 0 aromatic carbocycles. The Labute approximate surface area is 137 Å². The maximum Gasteiger partial charge on any atom is 0.293 e. The molecule has 2 aromatic rings. The summed E-state index contributed by atoms with van der Waals surface area (Å²) in [5.41, 5.74) is -0.339. The highest BCUT2D eigenvalue weighted by molar-refractivity contribution is 7.15. The first kappa shape index (κ1) is 17.1. The number of ether oxygens (including phenoxy) is 2. The fourth-order valence-electron chi connectivity index (χ4n) is 1.76. The molecule has 23 heavy (non-hydrogen) atoms. The second-order valence-corrected chi connectivity index (χ2v) is 5.70. The van der Waals surface area contributed by atoms with Crippen molar-refractivity contribution < 1.29 is 14.3 Å². The maximum atomic E-state index is 12.2. The minimum Gasteiger partial charge on any atom is -0.488 e. The number of methoxy groups -OCH3 is 1. The van der Waals surface area contributed by atoms with Crippen molar-refractivity contribution in [3.63, 3.8) is 0 Å². The van der Waals surface area contributed by atoms with Crippen LogP contribution in [0.25, 0.3) is 0 Å². The van der Waals surface area contributed by atoms with Crippen molar-refractivity contribution in [1.29, 1.82) is 0 Å². The topological polar surface area (TPSA) is 95.3 Å². The molecule has 0 atom stereocenters. The Bertz CT molecular complexity index is 713. The molecular formula is C14H18N4O4S. The van der Waals surface area contributed by atoms with Crippen LogP contribution >= 0.6 is 11.3 Å². The van der Waals surface area contributed by atoms with Gasteiger partial charge in [0.2, 0.25) is 11.0 Å². The van der Waals surface area contributed by atoms with Gasteiger partial charge in [-0.05, 0) is 18.6 Å². The quantitative estimate of drug-likeness (QED) is 0.779. The van der Waals surface area contributed by atoms with Crippen molar-refractivity contribution in [1.82, 2.24) is 14.8 Å². The molecular weight excluding hydrogens is 320 g/mol. The van der Waals surface area contributed by atoms with Gasteiger partial charge in [-0.3, -0.25) is 14.9 Å². The Balaban J connectivity index is 2.00. The summed E-state index contributed by atoms with van der Waals surface area (Å²) in [4.78, 5) is 24.2. The summed E-state index contributed by atoms with van der Waals surface area (Å²) in [6.45, 7) is 2.62. The number of carbonyl (C=O) groups is 1. The molecule has 8 nitrogen and oxygen atoms in total. The van der Waals surface area contributed by atoms with Gasteiger partial charge in [-0.25, -0.2) is 0 Å². The van der Waals surface area contributed by atoms with Gasteiger partial charge in [0.05, 0.1) is 6.61 Å². The lowest BCUT2D eigenvalue weighted by Crippen LogP contribution is -2.28. The first-order valence-corrected chi connectivity index (χ1v) is 7.89. The van der Waals surface area contributed by atoms with Crippen molar-refractivity contribution >= 4 is 22.4 Å². The van der Waals surface area contributed by atoms with E-state index in [9.17, 15) is 9.59 Å². The number of hydrogen-bond donors (Lipinski definition) is 1. The molecule has 124 valence electrons. The van der Waals surface area contributed by atoms with Gasteiger partial charge in [-0.15, -0.1) is 10.2 Å². The average molecular weight is 338 g/mol. The number of rotatable bonds is 8. The van der Waals surface area contributed by atoms with Gasteiger partial charge in [-0.2, -0.15) is 0 Å². The van der Waals surface area contributed by atoms with Gasteiger partial charge >= 0.3 is 0 Å². The van der Waals surface area contributed by atoms with Gasteiger partial charge in [0, 0.05) is 13.3 Å². The summed E-state index contributed by atoms with van der Waals surface area (Å²) in [6, 6.07) is 3.26. The molecule has 0 aliphatic rings. The summed E-state index contributed by atoms with van der Waals surface area (Å²) < 4.78 is 11.6. The highest BCUT2D eigenvalue weighted by Crippen LogP contribution is 2.15. The lowest BCUT2D eigenvalue weighted by atomic mass is 10.4. The van der Waals surface area contributed by atoms with Crippen molar-refractivity contribution in [3.8, 4) is 5.75 Å². The van der Waals surface area contributed by atoms with Crippen molar-refractivity contribution in [2.75, 3.05) is 19.0 Å². The van der Waals surface area contributed by atoms with Crippen molar-refractivity contribution in [2.24, 2.45) is 0 Å². The summed E-state index contributed by atoms with van der Waals surface area (Å²) in [5.74, 6) is -0.125. The summed E-state index contributed by atoms with van der Waals surface area (Å²) in [6.07, 6.45) is 2.34. The van der Waals surface area contributed by atoms with E-state index in [2.05, 4.69) is 15.5 Å². The lowest BCUT2D eigenvalue weighted by molar-refractivity contribution is -0.116. The number of hydrogen-bond acceptors (Lipinski definition) is 7. The molecule has 0 radical (unpaired) electrons. The molecule has 2 rings (SSSR count). The number of aromatic nitrogens is 3. The molecule has 0 aliphatic heterocycles. The first-order valence-electron chi connectivity index (χ1n) is 7.07. The summed E-state index contributed by atoms with van der Waals surface area (Å²) in [5, 5.41) is 11.4. The number of anilines is 1. The molecule has 0 fully saturated rings. The van der Waals surface area contributed by atoms with E-state index in [-0.39, 0.29) is 23.8 Å². The van der Waals surface area contributed by atoms with Crippen molar-refractivity contribution in [3.05, 3.63) is 33.7 Å². The predicted octanol–water partition coefficient (Wildman–Crippen LogP) is 1.27. The summed E-state index contributed by atoms with van der Waals surface area (Å²) >= 11 is 1.22. The van der Waals surface area contributed by atoms with E-state index >= 15 is 0 Å². The Kier molecular flexibility index (Phi) is 6.24. The molecule has 0 saturated carbocycles. The van der Waals surface area contributed by atoms with Gasteiger partial charge in [-0.1, -0.05) is 18.3 Å². The molecule has 9 heteroatoms. The van der Waals surface area contributed by atoms with Crippen LogP contribution in [0.1, 0.15) is 18.4 Å². The highest BCUT2D eigenvalue weighted by atomic mass is 32.1. The molecule has 0 spiro atoms. The van der Waals surface area contributed by atoms with E-state index in [1.54, 1.807) is 19.2 Å². The van der Waals surface area contributed by atoms with Gasteiger partial charge < -0.3 is 14.0 Å². The van der Waals surface area contributed by atoms with E-state index in [0.29, 0.717) is 23.4 Å². The highest BCUT2D eigenvalue weighted by Gasteiger charge is 2.11. The van der Waals surface area contributed by atoms with Crippen LogP contribution in [0, 0.1) is 0 Å². The molecule has 1 N–H and O–H groups in total. The van der Waals surface area contributed by atoms with Crippen molar-refractivity contribution in [2.45, 2.75) is 26.5 Å². The van der Waals surface area contributed by atoms with Gasteiger partial charge in [0.1, 0.15) is 18.2 Å². The molecule has 2 aromatic heterocycles. The second-order valence-electron chi connectivity index (χ2n) is 4.64. The zero-order valence-corrected chi connectivity index (χ0v) is 13.8. The van der Waals surface area contributed by atoms with Crippen LogP contribution in [-0.4, -0.2) is 34.4 Å². The monoisotopic (exact) mass is 338 g/mol. The fourth-order valence-corrected chi connectivity index (χ4v) is 2.49. The average Bonchev–Trinajstić information content (AvgIpc) is 2.95. The van der Waals surface area contributed by atoms with E-state index < -0.39 is 0 Å². The van der Waals surface area contributed by atoms with E-state index in [1.807, 2.05) is 6.92 Å². The largest absolute Gasteiger partial charge is 0.488 e. The number of nitrogens with zero attached hydrogens (tertiary/aromatic N) is 3. The van der Waals surface area contributed by atoms with Gasteiger partial charge in [0.15, 0.2) is 5.75 Å². The maximum absolute atomic E-state index is 12.2. The van der Waals surface area contributed by atoms with Crippen LogP contribution in [-0.2, 0) is 22.7 Å². The Morgan fingerprint density at radius 1 is 1.43 bits per heavy atom. The first-order chi connectivity index (χ1) is 11.1. The smallest absolute Gasteiger partial charge is 0.293 e. The standard InChI is InChI=1S/C14H18N4O4S/c1-3-7-22-10-5-4-6-18(13(10)20)8-11(19)15-14-17-16-12(23-14)9-21-2/h4-6H,3,7-9H2,1-2H3,(H,15,17,19). The molecule has 0 unspecified atom stereocenters. The summed E-state index contributed by atoms with van der Waals surface area (Å²) in [7, 11) is 1.56. The molecule has 0 saturated heterocycles. The minimum absolute atomic E-state index is 0.124. The number of carbonyl (C=O) groups excluding carboxylic acids is 1. The third kappa shape index (κ3) is 4.86. The molecule has 2 heterocycles. The van der Waals surface area contributed by atoms with Crippen LogP contribution in [0.15, 0.2) is 23.1 Å². The third-order valence-corrected chi connectivity index (χ3v) is 3.55. The zero-order valence-electron chi connectivity index (χ0n) is 12.9. The van der Waals surface area contributed by atoms with E-state index in [0.717, 1.165) is 6.42 Å². The van der Waals surface area contributed by atoms with Crippen LogP contribution in [0.5, 0.6) is 5.75 Å². The fraction of sp³-hybridized carbons (Fsp3) is 0.429. The molecule has 1 amide bonds. The SMILES string of the molecule is CCCOc1cccn(CC(=O)Nc2nnc(COC)s2)c1=O. The normalized spacial score (nSPS) is 10.5. The number of nitrogens with one attached hydrogen (secondary N) is 1. The second kappa shape index (κ2) is 8.39. The van der Waals surface area contributed by atoms with E-state index in [4.69, 9.17) is 9.47 Å². The number of amides is 1. The zero-order chi connectivity index (χ0) is 16.7. The van der Waals surface area contributed by atoms with Gasteiger partial charge in [0.25, 0.3) is 5.56 Å². The lowest BCUT2D eigenvalue weighted by Gasteiger charge is -2.08. The Morgan fingerprint density at radius 3 is 3.00 bits per heavy atom. The third-order valence-electron chi connectivity index (χ3n) is 2.74. The van der Waals surface area contributed by atoms with Crippen LogP contribution in [0.2, 0.25) is 0 Å². The Morgan fingerprint density at radius 2 is 2.26 bits per heavy atom. The van der Waals surface area contributed by atoms with Crippen LogP contribution in [0.4, 0.5) is 5.13 Å².